The highest BCUT2D eigenvalue weighted by molar-refractivity contribution is 7.89. The quantitative estimate of drug-likeness (QED) is 0.680. The van der Waals surface area contributed by atoms with E-state index in [9.17, 15) is 8.42 Å². The van der Waals surface area contributed by atoms with Gasteiger partial charge >= 0.3 is 0 Å². The van der Waals surface area contributed by atoms with Crippen molar-refractivity contribution in [2.45, 2.75) is 30.7 Å². The van der Waals surface area contributed by atoms with E-state index in [1.165, 1.54) is 16.0 Å². The van der Waals surface area contributed by atoms with Crippen LogP contribution in [0, 0.1) is 0 Å². The molecular weight excluding hydrogens is 398 g/mol. The SMILES string of the molecule is O=S(=O)(c1ccc2c(c1)CCC2)N1CC[NH+](Cc2cc(-c3ccccc3)on2)CC1. The Bertz CT molecular complexity index is 1130. The molecule has 2 heterocycles. The van der Waals surface area contributed by atoms with Crippen molar-refractivity contribution in [2.75, 3.05) is 26.2 Å². The normalized spacial score (nSPS) is 17.9. The van der Waals surface area contributed by atoms with Crippen molar-refractivity contribution in [3.8, 4) is 11.3 Å². The average molecular weight is 425 g/mol. The van der Waals surface area contributed by atoms with Gasteiger partial charge in [-0.3, -0.25) is 0 Å². The molecule has 3 aromatic rings. The van der Waals surface area contributed by atoms with Gasteiger partial charge in [0.2, 0.25) is 10.0 Å². The number of nitrogens with zero attached hydrogens (tertiary/aromatic N) is 2. The maximum Gasteiger partial charge on any atom is 0.243 e. The number of fused-ring (bicyclic) bond motifs is 1. The molecule has 156 valence electrons. The third-order valence-electron chi connectivity index (χ3n) is 6.19. The van der Waals surface area contributed by atoms with Crippen LogP contribution >= 0.6 is 0 Å². The molecular formula is C23H26N3O3S+. The second kappa shape index (κ2) is 7.98. The van der Waals surface area contributed by atoms with E-state index in [0.29, 0.717) is 18.0 Å². The van der Waals surface area contributed by atoms with E-state index in [0.717, 1.165) is 55.9 Å². The summed E-state index contributed by atoms with van der Waals surface area (Å²) in [6.45, 7) is 3.31. The predicted octanol–water partition coefficient (Wildman–Crippen LogP) is 1.92. The lowest BCUT2D eigenvalue weighted by Crippen LogP contribution is -3.13. The van der Waals surface area contributed by atoms with Crippen LogP contribution in [0.1, 0.15) is 23.2 Å². The molecule has 1 aromatic heterocycles. The third kappa shape index (κ3) is 3.80. The van der Waals surface area contributed by atoms with E-state index >= 15 is 0 Å². The summed E-state index contributed by atoms with van der Waals surface area (Å²) in [5.74, 6) is 0.767. The fourth-order valence-corrected chi connectivity index (χ4v) is 5.96. The Balaban J connectivity index is 1.22. The first kappa shape index (κ1) is 19.5. The van der Waals surface area contributed by atoms with Gasteiger partial charge in [-0.15, -0.1) is 0 Å². The number of aryl methyl sites for hydroxylation is 2. The third-order valence-corrected chi connectivity index (χ3v) is 8.08. The predicted molar refractivity (Wildman–Crippen MR) is 114 cm³/mol. The zero-order chi connectivity index (χ0) is 20.6. The van der Waals surface area contributed by atoms with Crippen LogP contribution in [0.3, 0.4) is 0 Å². The average Bonchev–Trinajstić information content (AvgIpc) is 3.44. The summed E-state index contributed by atoms with van der Waals surface area (Å²) < 4.78 is 33.3. The molecule has 0 atom stereocenters. The number of nitrogens with one attached hydrogen (secondary N) is 1. The minimum absolute atomic E-state index is 0.440. The second-order valence-electron chi connectivity index (χ2n) is 8.16. The Kier molecular flexibility index (Phi) is 5.18. The second-order valence-corrected chi connectivity index (χ2v) is 10.1. The number of aromatic nitrogens is 1. The number of rotatable bonds is 5. The van der Waals surface area contributed by atoms with E-state index in [4.69, 9.17) is 4.52 Å². The molecule has 2 aromatic carbocycles. The molecule has 30 heavy (non-hydrogen) atoms. The summed E-state index contributed by atoms with van der Waals surface area (Å²) in [5.41, 5.74) is 4.40. The molecule has 0 radical (unpaired) electrons. The molecule has 1 aliphatic carbocycles. The van der Waals surface area contributed by atoms with Crippen molar-refractivity contribution in [1.29, 1.82) is 0 Å². The zero-order valence-corrected chi connectivity index (χ0v) is 17.7. The van der Waals surface area contributed by atoms with Gasteiger partial charge in [0, 0.05) is 11.6 Å². The lowest BCUT2D eigenvalue weighted by Gasteiger charge is -2.31. The van der Waals surface area contributed by atoms with Crippen molar-refractivity contribution in [3.05, 3.63) is 71.4 Å². The largest absolute Gasteiger partial charge is 0.356 e. The molecule has 1 saturated heterocycles. The van der Waals surface area contributed by atoms with Gasteiger partial charge in [0.1, 0.15) is 12.2 Å². The van der Waals surface area contributed by atoms with Crippen LogP contribution in [-0.2, 0) is 29.4 Å². The minimum atomic E-state index is -3.43. The summed E-state index contributed by atoms with van der Waals surface area (Å²) in [6, 6.07) is 17.6. The van der Waals surface area contributed by atoms with Crippen LogP contribution in [0.25, 0.3) is 11.3 Å². The minimum Gasteiger partial charge on any atom is -0.356 e. The van der Waals surface area contributed by atoms with Gasteiger partial charge in [0.25, 0.3) is 0 Å². The first-order valence-electron chi connectivity index (χ1n) is 10.6. The molecule has 5 rings (SSSR count). The van der Waals surface area contributed by atoms with Crippen LogP contribution in [0.5, 0.6) is 0 Å². The fraction of sp³-hybridized carbons (Fsp3) is 0.348. The lowest BCUT2D eigenvalue weighted by atomic mass is 10.1. The summed E-state index contributed by atoms with van der Waals surface area (Å²) in [7, 11) is -3.43. The molecule has 7 heteroatoms. The van der Waals surface area contributed by atoms with Gasteiger partial charge in [0.15, 0.2) is 5.76 Å². The summed E-state index contributed by atoms with van der Waals surface area (Å²) in [4.78, 5) is 1.76. The molecule has 2 aliphatic rings. The molecule has 0 bridgehead atoms. The smallest absolute Gasteiger partial charge is 0.243 e. The molecule has 0 spiro atoms. The molecule has 1 fully saturated rings. The molecule has 1 aliphatic heterocycles. The highest BCUT2D eigenvalue weighted by atomic mass is 32.2. The Morgan fingerprint density at radius 3 is 2.53 bits per heavy atom. The van der Waals surface area contributed by atoms with Gasteiger partial charge < -0.3 is 9.42 Å². The number of hydrogen-bond acceptors (Lipinski definition) is 4. The molecule has 6 nitrogen and oxygen atoms in total. The summed E-state index contributed by atoms with van der Waals surface area (Å²) >= 11 is 0. The van der Waals surface area contributed by atoms with Gasteiger partial charge in [0.05, 0.1) is 31.1 Å². The van der Waals surface area contributed by atoms with Gasteiger partial charge in [-0.05, 0) is 42.5 Å². The number of benzene rings is 2. The molecule has 0 unspecified atom stereocenters. The zero-order valence-electron chi connectivity index (χ0n) is 16.9. The lowest BCUT2D eigenvalue weighted by molar-refractivity contribution is -0.917. The summed E-state index contributed by atoms with van der Waals surface area (Å²) in [5, 5.41) is 4.21. The van der Waals surface area contributed by atoms with E-state index in [1.807, 2.05) is 48.5 Å². The maximum absolute atomic E-state index is 13.1. The van der Waals surface area contributed by atoms with Gasteiger partial charge in [-0.1, -0.05) is 41.6 Å². The van der Waals surface area contributed by atoms with Crippen molar-refractivity contribution in [1.82, 2.24) is 9.46 Å². The van der Waals surface area contributed by atoms with Crippen LogP contribution in [0.2, 0.25) is 0 Å². The monoisotopic (exact) mass is 424 g/mol. The maximum atomic E-state index is 13.1. The number of piperazine rings is 1. The Labute approximate surface area is 177 Å². The molecule has 1 N–H and O–H groups in total. The standard InChI is InChI=1S/C23H25N3O3S/c27-30(28,22-10-9-18-7-4-8-20(18)15-22)26-13-11-25(12-14-26)17-21-16-23(29-24-21)19-5-2-1-3-6-19/h1-3,5-6,9-10,15-16H,4,7-8,11-14,17H2/p+1. The Morgan fingerprint density at radius 1 is 0.967 bits per heavy atom. The number of quaternary nitrogens is 1. The molecule has 0 saturated carbocycles. The van der Waals surface area contributed by atoms with E-state index < -0.39 is 10.0 Å². The van der Waals surface area contributed by atoms with Crippen molar-refractivity contribution in [3.63, 3.8) is 0 Å². The van der Waals surface area contributed by atoms with Crippen LogP contribution in [0.4, 0.5) is 0 Å². The van der Waals surface area contributed by atoms with Crippen molar-refractivity contribution < 1.29 is 17.8 Å². The number of sulfonamides is 1. The van der Waals surface area contributed by atoms with Crippen LogP contribution in [-0.4, -0.2) is 44.1 Å². The van der Waals surface area contributed by atoms with E-state index in [2.05, 4.69) is 5.16 Å². The highest BCUT2D eigenvalue weighted by Gasteiger charge is 2.31. The van der Waals surface area contributed by atoms with Crippen molar-refractivity contribution >= 4 is 10.0 Å². The topological polar surface area (TPSA) is 67.8 Å². The number of hydrogen-bond donors (Lipinski definition) is 1. The highest BCUT2D eigenvalue weighted by Crippen LogP contribution is 2.26. The fourth-order valence-electron chi connectivity index (χ4n) is 4.47. The Hall–Kier alpha value is -2.48. The van der Waals surface area contributed by atoms with Crippen LogP contribution in [0.15, 0.2) is 64.0 Å². The Morgan fingerprint density at radius 2 is 1.73 bits per heavy atom. The molecule has 0 amide bonds. The van der Waals surface area contributed by atoms with E-state index in [1.54, 1.807) is 10.4 Å². The summed E-state index contributed by atoms with van der Waals surface area (Å²) in [6.07, 6.45) is 3.17. The first-order chi connectivity index (χ1) is 14.6. The van der Waals surface area contributed by atoms with Crippen molar-refractivity contribution in [2.24, 2.45) is 0 Å². The van der Waals surface area contributed by atoms with Gasteiger partial charge in [-0.2, -0.15) is 4.31 Å². The van der Waals surface area contributed by atoms with E-state index in [-0.39, 0.29) is 0 Å². The first-order valence-corrected chi connectivity index (χ1v) is 12.0. The van der Waals surface area contributed by atoms with Crippen LogP contribution < -0.4 is 4.90 Å². The van der Waals surface area contributed by atoms with Gasteiger partial charge in [-0.25, -0.2) is 8.42 Å².